The van der Waals surface area contributed by atoms with E-state index in [-0.39, 0.29) is 0 Å². The summed E-state index contributed by atoms with van der Waals surface area (Å²) >= 11 is 12.1. The van der Waals surface area contributed by atoms with Crippen LogP contribution >= 0.6 is 23.2 Å². The van der Waals surface area contributed by atoms with Crippen LogP contribution in [0.1, 0.15) is 111 Å². The maximum atomic E-state index is 6.12. The van der Waals surface area contributed by atoms with Crippen LogP contribution in [0.2, 0.25) is 10.0 Å². The fraction of sp³-hybridized carbons (Fsp3) is 0.786. The molecule has 0 aliphatic heterocycles. The second-order valence-electron chi connectivity index (χ2n) is 9.22. The van der Waals surface area contributed by atoms with Crippen LogP contribution < -0.4 is 4.74 Å². The van der Waals surface area contributed by atoms with Crippen LogP contribution in [0.4, 0.5) is 0 Å². The number of halogens is 2. The number of rotatable bonds is 21. The van der Waals surface area contributed by atoms with E-state index in [1.165, 1.54) is 103 Å². The van der Waals surface area contributed by atoms with Crippen molar-refractivity contribution in [1.29, 1.82) is 0 Å². The fourth-order valence-electron chi connectivity index (χ4n) is 4.40. The zero-order valence-electron chi connectivity index (χ0n) is 21.1. The average molecular weight is 487 g/mol. The van der Waals surface area contributed by atoms with Crippen molar-refractivity contribution in [2.45, 2.75) is 111 Å². The first-order valence-electron chi connectivity index (χ1n) is 13.4. The molecule has 0 aliphatic rings. The van der Waals surface area contributed by atoms with Crippen LogP contribution in [0.3, 0.4) is 0 Å². The van der Waals surface area contributed by atoms with Crippen molar-refractivity contribution in [2.75, 3.05) is 26.2 Å². The van der Waals surface area contributed by atoms with Crippen molar-refractivity contribution >= 4 is 23.2 Å². The molecule has 1 atom stereocenters. The summed E-state index contributed by atoms with van der Waals surface area (Å²) in [6.45, 7) is 11.2. The molecule has 4 heteroatoms. The first-order chi connectivity index (χ1) is 15.6. The molecule has 1 aromatic carbocycles. The van der Waals surface area contributed by atoms with Gasteiger partial charge in [0.1, 0.15) is 5.75 Å². The third-order valence-corrected chi connectivity index (χ3v) is 7.37. The van der Waals surface area contributed by atoms with E-state index in [1.807, 2.05) is 18.2 Å². The first-order valence-corrected chi connectivity index (χ1v) is 14.2. The Morgan fingerprint density at radius 3 is 1.91 bits per heavy atom. The van der Waals surface area contributed by atoms with Gasteiger partial charge in [-0.2, -0.15) is 0 Å². The van der Waals surface area contributed by atoms with E-state index in [1.54, 1.807) is 0 Å². The SMILES string of the molecule is CCCCCCCCCCC(CCCCCN(CC)CC)CCOc1ccc(Cl)c(Cl)c1. The van der Waals surface area contributed by atoms with Gasteiger partial charge in [0.2, 0.25) is 0 Å². The number of benzene rings is 1. The Morgan fingerprint density at radius 2 is 1.31 bits per heavy atom. The zero-order chi connectivity index (χ0) is 23.4. The minimum absolute atomic E-state index is 0.563. The van der Waals surface area contributed by atoms with Gasteiger partial charge in [-0.15, -0.1) is 0 Å². The maximum Gasteiger partial charge on any atom is 0.120 e. The van der Waals surface area contributed by atoms with E-state index < -0.39 is 0 Å². The van der Waals surface area contributed by atoms with E-state index >= 15 is 0 Å². The molecule has 2 nitrogen and oxygen atoms in total. The minimum atomic E-state index is 0.563. The molecular formula is C28H49Cl2NO. The molecule has 0 radical (unpaired) electrons. The lowest BCUT2D eigenvalue weighted by Gasteiger charge is -2.19. The molecule has 0 aromatic heterocycles. The van der Waals surface area contributed by atoms with Crippen molar-refractivity contribution in [3.8, 4) is 5.75 Å². The van der Waals surface area contributed by atoms with Gasteiger partial charge < -0.3 is 9.64 Å². The first kappa shape index (κ1) is 29.6. The van der Waals surface area contributed by atoms with Crippen molar-refractivity contribution in [1.82, 2.24) is 4.90 Å². The van der Waals surface area contributed by atoms with Gasteiger partial charge >= 0.3 is 0 Å². The largest absolute Gasteiger partial charge is 0.494 e. The van der Waals surface area contributed by atoms with Crippen LogP contribution in [0.5, 0.6) is 5.75 Å². The van der Waals surface area contributed by atoms with Crippen LogP contribution in [0, 0.1) is 5.92 Å². The molecule has 0 N–H and O–H groups in total. The molecule has 0 saturated heterocycles. The summed E-state index contributed by atoms with van der Waals surface area (Å²) < 4.78 is 5.99. The molecular weight excluding hydrogens is 437 g/mol. The lowest BCUT2D eigenvalue weighted by atomic mass is 9.92. The molecule has 0 heterocycles. The minimum Gasteiger partial charge on any atom is -0.494 e. The molecule has 1 aromatic rings. The molecule has 0 fully saturated rings. The highest BCUT2D eigenvalue weighted by molar-refractivity contribution is 6.42. The Balaban J connectivity index is 2.32. The third-order valence-electron chi connectivity index (χ3n) is 6.63. The normalized spacial score (nSPS) is 12.4. The molecule has 0 bridgehead atoms. The number of nitrogens with zero attached hydrogens (tertiary/aromatic N) is 1. The second-order valence-corrected chi connectivity index (χ2v) is 10.0. The van der Waals surface area contributed by atoms with Crippen LogP contribution in [0.15, 0.2) is 18.2 Å². The van der Waals surface area contributed by atoms with Gasteiger partial charge in [0, 0.05) is 6.07 Å². The Labute approximate surface area is 209 Å². The lowest BCUT2D eigenvalue weighted by Crippen LogP contribution is -2.23. The lowest BCUT2D eigenvalue weighted by molar-refractivity contribution is 0.256. The summed E-state index contributed by atoms with van der Waals surface area (Å²) in [4.78, 5) is 2.53. The summed E-state index contributed by atoms with van der Waals surface area (Å²) in [5, 5.41) is 1.14. The molecule has 0 spiro atoms. The highest BCUT2D eigenvalue weighted by atomic mass is 35.5. The summed E-state index contributed by atoms with van der Waals surface area (Å²) in [6.07, 6.45) is 19.0. The highest BCUT2D eigenvalue weighted by Gasteiger charge is 2.10. The van der Waals surface area contributed by atoms with Crippen molar-refractivity contribution in [3.63, 3.8) is 0 Å². The number of unbranched alkanes of at least 4 members (excludes halogenated alkanes) is 9. The number of hydrogen-bond acceptors (Lipinski definition) is 2. The molecule has 186 valence electrons. The van der Waals surface area contributed by atoms with Gasteiger partial charge in [-0.25, -0.2) is 0 Å². The Bertz CT molecular complexity index is 562. The van der Waals surface area contributed by atoms with E-state index in [0.29, 0.717) is 10.0 Å². The van der Waals surface area contributed by atoms with Crippen LogP contribution in [-0.4, -0.2) is 31.1 Å². The van der Waals surface area contributed by atoms with E-state index in [9.17, 15) is 0 Å². The molecule has 32 heavy (non-hydrogen) atoms. The molecule has 0 aliphatic carbocycles. The zero-order valence-corrected chi connectivity index (χ0v) is 22.7. The van der Waals surface area contributed by atoms with E-state index in [4.69, 9.17) is 27.9 Å². The topological polar surface area (TPSA) is 12.5 Å². The molecule has 0 amide bonds. The van der Waals surface area contributed by atoms with Crippen molar-refractivity contribution in [2.24, 2.45) is 5.92 Å². The van der Waals surface area contributed by atoms with E-state index in [2.05, 4.69) is 25.7 Å². The number of hydrogen-bond donors (Lipinski definition) is 0. The fourth-order valence-corrected chi connectivity index (χ4v) is 4.68. The number of ether oxygens (including phenoxy) is 1. The van der Waals surface area contributed by atoms with Crippen LogP contribution in [0.25, 0.3) is 0 Å². The standard InChI is InChI=1S/C28H49Cl2NO/c1-4-7-8-9-10-11-12-14-17-25(18-15-13-16-22-31(5-2)6-3)21-23-32-26-19-20-27(29)28(30)24-26/h19-20,24-25H,4-18,21-23H2,1-3H3. The Morgan fingerprint density at radius 1 is 0.719 bits per heavy atom. The van der Waals surface area contributed by atoms with Crippen molar-refractivity contribution < 1.29 is 4.74 Å². The third kappa shape index (κ3) is 14.7. The second kappa shape index (κ2) is 20.0. The van der Waals surface area contributed by atoms with Gasteiger partial charge in [0.15, 0.2) is 0 Å². The van der Waals surface area contributed by atoms with Gasteiger partial charge in [0.05, 0.1) is 16.7 Å². The van der Waals surface area contributed by atoms with Crippen LogP contribution in [-0.2, 0) is 0 Å². The summed E-state index contributed by atoms with van der Waals surface area (Å²) in [7, 11) is 0. The van der Waals surface area contributed by atoms with Crippen molar-refractivity contribution in [3.05, 3.63) is 28.2 Å². The van der Waals surface area contributed by atoms with Gasteiger partial charge in [-0.3, -0.25) is 0 Å². The Hall–Kier alpha value is -0.440. The van der Waals surface area contributed by atoms with Gasteiger partial charge in [-0.05, 0) is 50.5 Å². The quantitative estimate of drug-likeness (QED) is 0.160. The molecule has 1 unspecified atom stereocenters. The maximum absolute atomic E-state index is 6.12. The monoisotopic (exact) mass is 485 g/mol. The molecule has 0 saturated carbocycles. The summed E-state index contributed by atoms with van der Waals surface area (Å²) in [6, 6.07) is 5.55. The van der Waals surface area contributed by atoms with Gasteiger partial charge in [0.25, 0.3) is 0 Å². The van der Waals surface area contributed by atoms with E-state index in [0.717, 1.165) is 24.7 Å². The predicted octanol–water partition coefficient (Wildman–Crippen LogP) is 9.81. The molecule has 1 rings (SSSR count). The Kier molecular flexibility index (Phi) is 18.5. The van der Waals surface area contributed by atoms with Gasteiger partial charge in [-0.1, -0.05) is 121 Å². The smallest absolute Gasteiger partial charge is 0.120 e. The highest BCUT2D eigenvalue weighted by Crippen LogP contribution is 2.27. The average Bonchev–Trinajstić information content (AvgIpc) is 2.79. The summed E-state index contributed by atoms with van der Waals surface area (Å²) in [5.41, 5.74) is 0. The predicted molar refractivity (Wildman–Crippen MR) is 144 cm³/mol. The summed E-state index contributed by atoms with van der Waals surface area (Å²) in [5.74, 6) is 1.59.